The molecular weight excluding hydrogens is 180 g/mol. The van der Waals surface area contributed by atoms with Gasteiger partial charge in [0.2, 0.25) is 5.91 Å². The van der Waals surface area contributed by atoms with Crippen molar-refractivity contribution in [2.24, 2.45) is 11.3 Å². The number of rotatable bonds is 3. The summed E-state index contributed by atoms with van der Waals surface area (Å²) in [7, 11) is 1.49. The molecule has 2 fully saturated rings. The van der Waals surface area contributed by atoms with Crippen LogP contribution in [0.2, 0.25) is 0 Å². The SMILES string of the molecule is CONC(=O)C1(C2CCCNC2)CC1. The molecule has 1 unspecified atom stereocenters. The third-order valence-electron chi connectivity index (χ3n) is 3.51. The minimum atomic E-state index is -0.108. The second-order valence-electron chi connectivity index (χ2n) is 4.33. The summed E-state index contributed by atoms with van der Waals surface area (Å²) in [6, 6.07) is 0. The van der Waals surface area contributed by atoms with Gasteiger partial charge in [-0.05, 0) is 44.7 Å². The molecule has 0 aromatic carbocycles. The van der Waals surface area contributed by atoms with Gasteiger partial charge < -0.3 is 5.32 Å². The first-order valence-electron chi connectivity index (χ1n) is 5.34. The second-order valence-corrected chi connectivity index (χ2v) is 4.33. The molecule has 0 aromatic heterocycles. The monoisotopic (exact) mass is 198 g/mol. The molecule has 1 aliphatic heterocycles. The van der Waals surface area contributed by atoms with Gasteiger partial charge in [0.1, 0.15) is 0 Å². The highest BCUT2D eigenvalue weighted by molar-refractivity contribution is 5.84. The maximum atomic E-state index is 11.8. The lowest BCUT2D eigenvalue weighted by molar-refractivity contribution is -0.139. The molecule has 1 heterocycles. The van der Waals surface area contributed by atoms with Crippen molar-refractivity contribution in [2.45, 2.75) is 25.7 Å². The van der Waals surface area contributed by atoms with E-state index in [1.807, 2.05) is 0 Å². The van der Waals surface area contributed by atoms with E-state index >= 15 is 0 Å². The number of piperidine rings is 1. The molecule has 4 heteroatoms. The first-order chi connectivity index (χ1) is 6.79. The second kappa shape index (κ2) is 3.87. The zero-order valence-electron chi connectivity index (χ0n) is 8.64. The largest absolute Gasteiger partial charge is 0.316 e. The van der Waals surface area contributed by atoms with Gasteiger partial charge in [0.25, 0.3) is 0 Å². The minimum Gasteiger partial charge on any atom is -0.316 e. The molecule has 14 heavy (non-hydrogen) atoms. The van der Waals surface area contributed by atoms with Crippen molar-refractivity contribution in [1.82, 2.24) is 10.8 Å². The summed E-state index contributed by atoms with van der Waals surface area (Å²) < 4.78 is 0. The van der Waals surface area contributed by atoms with Gasteiger partial charge in [0.05, 0.1) is 12.5 Å². The predicted octanol–water partition coefficient (Wildman–Crippen LogP) is 0.444. The average Bonchev–Trinajstić information content (AvgIpc) is 3.00. The fraction of sp³-hybridized carbons (Fsp3) is 0.900. The van der Waals surface area contributed by atoms with Crippen molar-refractivity contribution in [3.8, 4) is 0 Å². The molecule has 1 saturated carbocycles. The Bertz CT molecular complexity index is 220. The standard InChI is InChI=1S/C10H18N2O2/c1-14-12-9(13)10(4-5-10)8-3-2-6-11-7-8/h8,11H,2-7H2,1H3,(H,12,13). The van der Waals surface area contributed by atoms with E-state index in [1.165, 1.54) is 20.0 Å². The molecule has 0 spiro atoms. The normalized spacial score (nSPS) is 29.6. The molecule has 0 bridgehead atoms. The van der Waals surface area contributed by atoms with Gasteiger partial charge in [-0.25, -0.2) is 5.48 Å². The lowest BCUT2D eigenvalue weighted by Gasteiger charge is -2.29. The van der Waals surface area contributed by atoms with Crippen molar-refractivity contribution < 1.29 is 9.63 Å². The van der Waals surface area contributed by atoms with E-state index in [2.05, 4.69) is 10.8 Å². The smallest absolute Gasteiger partial charge is 0.250 e. The lowest BCUT2D eigenvalue weighted by Crippen LogP contribution is -2.42. The highest BCUT2D eigenvalue weighted by Gasteiger charge is 2.55. The van der Waals surface area contributed by atoms with Crippen molar-refractivity contribution in [3.63, 3.8) is 0 Å². The van der Waals surface area contributed by atoms with Crippen LogP contribution in [0.5, 0.6) is 0 Å². The molecule has 1 atom stereocenters. The molecule has 1 aliphatic carbocycles. The van der Waals surface area contributed by atoms with Crippen LogP contribution in [0.15, 0.2) is 0 Å². The minimum absolute atomic E-state index is 0.0775. The summed E-state index contributed by atoms with van der Waals surface area (Å²) in [6.45, 7) is 2.08. The number of carbonyl (C=O) groups is 1. The van der Waals surface area contributed by atoms with E-state index in [1.54, 1.807) is 0 Å². The lowest BCUT2D eigenvalue weighted by atomic mass is 9.83. The third kappa shape index (κ3) is 1.64. The summed E-state index contributed by atoms with van der Waals surface area (Å²) in [5.74, 6) is 0.583. The Labute approximate surface area is 84.3 Å². The first kappa shape index (κ1) is 9.93. The number of amides is 1. The van der Waals surface area contributed by atoms with Crippen molar-refractivity contribution in [3.05, 3.63) is 0 Å². The molecule has 0 aromatic rings. The summed E-state index contributed by atoms with van der Waals surface area (Å²) in [5.41, 5.74) is 2.37. The molecule has 80 valence electrons. The van der Waals surface area contributed by atoms with Crippen LogP contribution in [0.3, 0.4) is 0 Å². The Kier molecular flexibility index (Phi) is 2.74. The fourth-order valence-electron chi connectivity index (χ4n) is 2.47. The quantitative estimate of drug-likeness (QED) is 0.647. The molecule has 2 rings (SSSR count). The maximum absolute atomic E-state index is 11.8. The Morgan fingerprint density at radius 1 is 1.57 bits per heavy atom. The van der Waals surface area contributed by atoms with Gasteiger partial charge >= 0.3 is 0 Å². The Balaban J connectivity index is 1.96. The number of carbonyl (C=O) groups excluding carboxylic acids is 1. The van der Waals surface area contributed by atoms with Crippen molar-refractivity contribution in [2.75, 3.05) is 20.2 Å². The van der Waals surface area contributed by atoms with Gasteiger partial charge in [-0.2, -0.15) is 0 Å². The topological polar surface area (TPSA) is 50.4 Å². The number of hydrogen-bond donors (Lipinski definition) is 2. The fourth-order valence-corrected chi connectivity index (χ4v) is 2.47. The molecule has 1 amide bonds. The molecule has 4 nitrogen and oxygen atoms in total. The van der Waals surface area contributed by atoms with Gasteiger partial charge in [-0.1, -0.05) is 0 Å². The molecule has 1 saturated heterocycles. The third-order valence-corrected chi connectivity index (χ3v) is 3.51. The van der Waals surface area contributed by atoms with Gasteiger partial charge in [-0.3, -0.25) is 9.63 Å². The van der Waals surface area contributed by atoms with E-state index < -0.39 is 0 Å². The van der Waals surface area contributed by atoms with Crippen molar-refractivity contribution >= 4 is 5.91 Å². The number of nitrogens with one attached hydrogen (secondary N) is 2. The average molecular weight is 198 g/mol. The summed E-state index contributed by atoms with van der Waals surface area (Å²) in [6.07, 6.45) is 4.40. The van der Waals surface area contributed by atoms with E-state index in [0.717, 1.165) is 25.9 Å². The van der Waals surface area contributed by atoms with Crippen LogP contribution in [-0.2, 0) is 9.63 Å². The molecule has 0 radical (unpaired) electrons. The Hall–Kier alpha value is -0.610. The van der Waals surface area contributed by atoms with E-state index in [0.29, 0.717) is 5.92 Å². The van der Waals surface area contributed by atoms with Crippen LogP contribution in [0, 0.1) is 11.3 Å². The van der Waals surface area contributed by atoms with Gasteiger partial charge in [0, 0.05) is 0 Å². The Morgan fingerprint density at radius 2 is 2.36 bits per heavy atom. The highest BCUT2D eigenvalue weighted by Crippen LogP contribution is 2.54. The maximum Gasteiger partial charge on any atom is 0.250 e. The van der Waals surface area contributed by atoms with E-state index in [9.17, 15) is 4.79 Å². The van der Waals surface area contributed by atoms with E-state index in [4.69, 9.17) is 4.84 Å². The van der Waals surface area contributed by atoms with Crippen LogP contribution < -0.4 is 10.8 Å². The molecule has 2 N–H and O–H groups in total. The Morgan fingerprint density at radius 3 is 2.86 bits per heavy atom. The number of hydrogen-bond acceptors (Lipinski definition) is 3. The molecule has 2 aliphatic rings. The van der Waals surface area contributed by atoms with Crippen LogP contribution in [0.4, 0.5) is 0 Å². The molecular formula is C10H18N2O2. The summed E-state index contributed by atoms with van der Waals surface area (Å²) >= 11 is 0. The predicted molar refractivity (Wildman–Crippen MR) is 52.4 cm³/mol. The van der Waals surface area contributed by atoms with Crippen LogP contribution >= 0.6 is 0 Å². The number of hydroxylamine groups is 1. The summed E-state index contributed by atoms with van der Waals surface area (Å²) in [4.78, 5) is 16.5. The highest BCUT2D eigenvalue weighted by atomic mass is 16.6. The first-order valence-corrected chi connectivity index (χ1v) is 5.34. The van der Waals surface area contributed by atoms with Crippen LogP contribution in [-0.4, -0.2) is 26.1 Å². The van der Waals surface area contributed by atoms with Crippen LogP contribution in [0.25, 0.3) is 0 Å². The van der Waals surface area contributed by atoms with Gasteiger partial charge in [-0.15, -0.1) is 0 Å². The van der Waals surface area contributed by atoms with Gasteiger partial charge in [0.15, 0.2) is 0 Å². The van der Waals surface area contributed by atoms with Crippen molar-refractivity contribution in [1.29, 1.82) is 0 Å². The zero-order valence-corrected chi connectivity index (χ0v) is 8.64. The van der Waals surface area contributed by atoms with E-state index in [-0.39, 0.29) is 11.3 Å². The summed E-state index contributed by atoms with van der Waals surface area (Å²) in [5, 5.41) is 3.36. The zero-order chi connectivity index (χ0) is 10.0. The van der Waals surface area contributed by atoms with Crippen LogP contribution in [0.1, 0.15) is 25.7 Å².